The van der Waals surface area contributed by atoms with E-state index in [4.69, 9.17) is 29.9 Å². The fraction of sp³-hybridized carbons (Fsp3) is 0.389. The van der Waals surface area contributed by atoms with Gasteiger partial charge in [0.05, 0.1) is 7.11 Å². The van der Waals surface area contributed by atoms with E-state index < -0.39 is 13.9 Å². The molecule has 0 bridgehead atoms. The third-order valence-corrected chi connectivity index (χ3v) is 7.41. The van der Waals surface area contributed by atoms with Crippen LogP contribution in [-0.2, 0) is 36.1 Å². The molecule has 2 heterocycles. The molecule has 152 valence electrons. The van der Waals surface area contributed by atoms with Crippen molar-refractivity contribution in [2.45, 2.75) is 19.0 Å². The van der Waals surface area contributed by atoms with Gasteiger partial charge in [0.1, 0.15) is 6.04 Å². The van der Waals surface area contributed by atoms with Crippen molar-refractivity contribution >= 4 is 36.7 Å². The van der Waals surface area contributed by atoms with Gasteiger partial charge in [-0.25, -0.2) is 9.36 Å². The quantitative estimate of drug-likeness (QED) is 0.460. The zero-order valence-electron chi connectivity index (χ0n) is 15.7. The summed E-state index contributed by atoms with van der Waals surface area (Å²) in [4.78, 5) is 15.6. The molecule has 0 saturated heterocycles. The fourth-order valence-corrected chi connectivity index (χ4v) is 5.26. The van der Waals surface area contributed by atoms with Gasteiger partial charge in [-0.15, -0.1) is 11.3 Å². The second-order valence-electron chi connectivity index (χ2n) is 6.09. The number of fused-ring (bicyclic) bond motifs is 1. The number of benzene rings is 1. The predicted octanol–water partition coefficient (Wildman–Crippen LogP) is 4.45. The van der Waals surface area contributed by atoms with Crippen molar-refractivity contribution in [1.29, 1.82) is 0 Å². The minimum absolute atomic E-state index is 0.369. The van der Waals surface area contributed by atoms with Gasteiger partial charge in [0, 0.05) is 37.2 Å². The van der Waals surface area contributed by atoms with Gasteiger partial charge in [0.2, 0.25) is 0 Å². The summed E-state index contributed by atoms with van der Waals surface area (Å²) in [6.07, 6.45) is 0.714. The van der Waals surface area contributed by atoms with Crippen molar-refractivity contribution in [1.82, 2.24) is 4.90 Å². The Morgan fingerprint density at radius 2 is 1.96 bits per heavy atom. The van der Waals surface area contributed by atoms with Crippen LogP contribution in [0.2, 0.25) is 5.02 Å². The van der Waals surface area contributed by atoms with Crippen molar-refractivity contribution in [3.8, 4) is 5.06 Å². The Kier molecular flexibility index (Phi) is 6.81. The first-order chi connectivity index (χ1) is 13.4. The number of thiophene rings is 1. The maximum atomic E-state index is 12.5. The molecule has 1 unspecified atom stereocenters. The summed E-state index contributed by atoms with van der Waals surface area (Å²) < 4.78 is 32.3. The van der Waals surface area contributed by atoms with E-state index in [1.165, 1.54) is 32.7 Å². The lowest BCUT2D eigenvalue weighted by molar-refractivity contribution is -0.147. The van der Waals surface area contributed by atoms with Crippen LogP contribution in [0.1, 0.15) is 22.0 Å². The van der Waals surface area contributed by atoms with Gasteiger partial charge < -0.3 is 9.26 Å². The summed E-state index contributed by atoms with van der Waals surface area (Å²) >= 11 is 7.73. The molecule has 0 saturated carbocycles. The molecule has 2 aromatic rings. The lowest BCUT2D eigenvalue weighted by atomic mass is 10.0. The highest BCUT2D eigenvalue weighted by molar-refractivity contribution is 7.49. The molecular weight excluding hydrogens is 425 g/mol. The van der Waals surface area contributed by atoms with E-state index in [0.717, 1.165) is 10.4 Å². The first-order valence-electron chi connectivity index (χ1n) is 8.49. The first kappa shape index (κ1) is 21.3. The number of esters is 1. The van der Waals surface area contributed by atoms with Crippen LogP contribution in [0.5, 0.6) is 5.06 Å². The van der Waals surface area contributed by atoms with Crippen LogP contribution in [0, 0.1) is 0 Å². The van der Waals surface area contributed by atoms with E-state index in [1.807, 2.05) is 23.1 Å². The van der Waals surface area contributed by atoms with Crippen LogP contribution in [-0.4, -0.2) is 38.7 Å². The van der Waals surface area contributed by atoms with Gasteiger partial charge in [-0.05, 0) is 29.7 Å². The van der Waals surface area contributed by atoms with Gasteiger partial charge in [-0.2, -0.15) is 0 Å². The molecule has 28 heavy (non-hydrogen) atoms. The first-order valence-corrected chi connectivity index (χ1v) is 11.1. The van der Waals surface area contributed by atoms with Gasteiger partial charge in [-0.3, -0.25) is 13.9 Å². The number of ether oxygens (including phenoxy) is 1. The van der Waals surface area contributed by atoms with Crippen molar-refractivity contribution < 1.29 is 27.7 Å². The molecule has 1 aromatic carbocycles. The number of halogens is 1. The van der Waals surface area contributed by atoms with Gasteiger partial charge >= 0.3 is 13.8 Å². The summed E-state index contributed by atoms with van der Waals surface area (Å²) in [5.74, 6) is -0.369. The van der Waals surface area contributed by atoms with Crippen molar-refractivity contribution in [2.24, 2.45) is 0 Å². The van der Waals surface area contributed by atoms with Crippen LogP contribution < -0.4 is 4.52 Å². The number of carbonyl (C=O) groups excluding carboxylic acids is 1. The fourth-order valence-electron chi connectivity index (χ4n) is 3.13. The van der Waals surface area contributed by atoms with Crippen LogP contribution in [0.4, 0.5) is 0 Å². The summed E-state index contributed by atoms with van der Waals surface area (Å²) in [5.41, 5.74) is 1.69. The summed E-state index contributed by atoms with van der Waals surface area (Å²) in [7, 11) is 0.288. The van der Waals surface area contributed by atoms with E-state index in [2.05, 4.69) is 0 Å². The van der Waals surface area contributed by atoms with E-state index in [0.29, 0.717) is 35.2 Å². The predicted molar refractivity (Wildman–Crippen MR) is 107 cm³/mol. The minimum Gasteiger partial charge on any atom is -0.468 e. The number of rotatable bonds is 7. The molecule has 1 aliphatic heterocycles. The molecule has 0 fully saturated rings. The second-order valence-corrected chi connectivity index (χ2v) is 9.40. The van der Waals surface area contributed by atoms with Gasteiger partial charge in [0.15, 0.2) is 5.06 Å². The number of hydrogen-bond acceptors (Lipinski definition) is 8. The highest BCUT2D eigenvalue weighted by Crippen LogP contribution is 2.50. The molecule has 1 atom stereocenters. The molecule has 0 N–H and O–H groups in total. The van der Waals surface area contributed by atoms with Crippen molar-refractivity contribution in [3.63, 3.8) is 0 Å². The van der Waals surface area contributed by atoms with E-state index >= 15 is 0 Å². The Balaban J connectivity index is 1.86. The Morgan fingerprint density at radius 3 is 2.61 bits per heavy atom. The van der Waals surface area contributed by atoms with Crippen molar-refractivity contribution in [3.05, 3.63) is 51.4 Å². The maximum absolute atomic E-state index is 12.5. The van der Waals surface area contributed by atoms with Crippen LogP contribution >= 0.6 is 30.8 Å². The average Bonchev–Trinajstić information content (AvgIpc) is 3.10. The van der Waals surface area contributed by atoms with Crippen LogP contribution in [0.25, 0.3) is 0 Å². The van der Waals surface area contributed by atoms with Crippen LogP contribution in [0.3, 0.4) is 0 Å². The molecule has 7 nitrogen and oxygen atoms in total. The smallest absolute Gasteiger partial charge is 0.468 e. The number of carbonyl (C=O) groups is 1. The average molecular weight is 446 g/mol. The summed E-state index contributed by atoms with van der Waals surface area (Å²) in [5, 5.41) is 0.963. The Bertz CT molecular complexity index is 896. The van der Waals surface area contributed by atoms with E-state index in [9.17, 15) is 9.36 Å². The Hall–Kier alpha value is -1.41. The van der Waals surface area contributed by atoms with E-state index in [1.54, 1.807) is 12.1 Å². The molecule has 3 rings (SSSR count). The Morgan fingerprint density at radius 1 is 1.25 bits per heavy atom. The number of phosphoric acid groups is 1. The monoisotopic (exact) mass is 445 g/mol. The largest absolute Gasteiger partial charge is 0.530 e. The highest BCUT2D eigenvalue weighted by atomic mass is 35.5. The topological polar surface area (TPSA) is 74.3 Å². The van der Waals surface area contributed by atoms with Gasteiger partial charge in [-0.1, -0.05) is 29.8 Å². The zero-order valence-corrected chi connectivity index (χ0v) is 18.2. The number of phosphoric ester groups is 1. The zero-order chi connectivity index (χ0) is 20.3. The lowest BCUT2D eigenvalue weighted by Gasteiger charge is -2.33. The van der Waals surface area contributed by atoms with Crippen LogP contribution in [0.15, 0.2) is 30.3 Å². The number of hydrogen-bond donors (Lipinski definition) is 0. The molecule has 0 aliphatic carbocycles. The van der Waals surface area contributed by atoms with Gasteiger partial charge in [0.25, 0.3) is 0 Å². The van der Waals surface area contributed by atoms with E-state index in [-0.39, 0.29) is 5.97 Å². The SMILES string of the molecule is COC(=O)C(c1ccccc1Cl)N1CCc2sc(OP(=O)(OC)OC)cc2C1. The summed E-state index contributed by atoms with van der Waals surface area (Å²) in [6.45, 7) is 1.15. The van der Waals surface area contributed by atoms with Crippen molar-refractivity contribution in [2.75, 3.05) is 27.9 Å². The third kappa shape index (κ3) is 4.43. The Labute approximate surface area is 172 Å². The normalized spacial score (nSPS) is 15.7. The number of nitrogens with zero attached hydrogens (tertiary/aromatic N) is 1. The lowest BCUT2D eigenvalue weighted by Crippen LogP contribution is -2.38. The summed E-state index contributed by atoms with van der Waals surface area (Å²) in [6, 6.07) is 8.44. The third-order valence-electron chi connectivity index (χ3n) is 4.51. The second kappa shape index (κ2) is 8.95. The molecule has 0 radical (unpaired) electrons. The highest BCUT2D eigenvalue weighted by Gasteiger charge is 2.34. The molecule has 1 aliphatic rings. The standard InChI is InChI=1S/C18H21ClNO6PS/c1-23-18(21)17(13-6-4-5-7-14(13)19)20-9-8-15-12(11-20)10-16(28-15)26-27(22,24-2)25-3/h4-7,10,17H,8-9,11H2,1-3H3. The minimum atomic E-state index is -3.61. The molecular formula is C18H21ClNO6PS. The molecule has 0 spiro atoms. The maximum Gasteiger partial charge on any atom is 0.530 e. The molecule has 1 aromatic heterocycles. The molecule has 10 heteroatoms. The molecule has 0 amide bonds. The number of methoxy groups -OCH3 is 1.